The fraction of sp³-hybridized carbons (Fsp3) is 0.250. The first kappa shape index (κ1) is 20.5. The molecular formula is C24H24N4O3. The van der Waals surface area contributed by atoms with Gasteiger partial charge in [-0.2, -0.15) is 0 Å². The molecule has 0 aliphatic carbocycles. The van der Waals surface area contributed by atoms with Crippen molar-refractivity contribution in [3.05, 3.63) is 92.7 Å². The summed E-state index contributed by atoms with van der Waals surface area (Å²) in [4.78, 5) is 29.5. The Morgan fingerprint density at radius 1 is 1.03 bits per heavy atom. The summed E-state index contributed by atoms with van der Waals surface area (Å²) in [6.45, 7) is 6.40. The van der Waals surface area contributed by atoms with E-state index in [0.29, 0.717) is 30.8 Å². The molecule has 0 radical (unpaired) electrons. The summed E-state index contributed by atoms with van der Waals surface area (Å²) in [5, 5.41) is 6.86. The number of aryl methyl sites for hydroxylation is 3. The molecule has 0 bridgehead atoms. The highest BCUT2D eigenvalue weighted by molar-refractivity contribution is 5.94. The van der Waals surface area contributed by atoms with Crippen molar-refractivity contribution in [2.75, 3.05) is 6.54 Å². The smallest absolute Gasteiger partial charge is 0.272 e. The lowest BCUT2D eigenvalue weighted by Gasteiger charge is -2.12. The molecule has 2 aromatic heterocycles. The standard InChI is InChI=1S/C24H24N4O3/c1-15-20(17(3)31-27-15)12-13-25-23(29)19-10-8-18(9-11-19)14-28-22-7-5-4-6-21(22)26-16(2)24(28)30/h4-11H,12-14H2,1-3H3,(H,25,29). The van der Waals surface area contributed by atoms with E-state index in [1.54, 1.807) is 23.6 Å². The third-order valence-electron chi connectivity index (χ3n) is 5.41. The van der Waals surface area contributed by atoms with E-state index in [1.807, 2.05) is 50.2 Å². The van der Waals surface area contributed by atoms with Crippen molar-refractivity contribution >= 4 is 16.9 Å². The van der Waals surface area contributed by atoms with Crippen LogP contribution in [0.4, 0.5) is 0 Å². The number of carbonyl (C=O) groups is 1. The molecule has 158 valence electrons. The van der Waals surface area contributed by atoms with Crippen molar-refractivity contribution < 1.29 is 9.32 Å². The van der Waals surface area contributed by atoms with Gasteiger partial charge in [0.2, 0.25) is 0 Å². The Bertz CT molecular complexity index is 1280. The van der Waals surface area contributed by atoms with Gasteiger partial charge < -0.3 is 14.4 Å². The number of benzene rings is 2. The normalized spacial score (nSPS) is 11.1. The van der Waals surface area contributed by atoms with Crippen LogP contribution >= 0.6 is 0 Å². The Morgan fingerprint density at radius 3 is 2.48 bits per heavy atom. The van der Waals surface area contributed by atoms with Gasteiger partial charge in [0, 0.05) is 17.7 Å². The van der Waals surface area contributed by atoms with Gasteiger partial charge in [0.15, 0.2) is 0 Å². The highest BCUT2D eigenvalue weighted by Crippen LogP contribution is 2.14. The predicted molar refractivity (Wildman–Crippen MR) is 118 cm³/mol. The summed E-state index contributed by atoms with van der Waals surface area (Å²) in [6, 6.07) is 14.9. The van der Waals surface area contributed by atoms with Crippen LogP contribution in [0.25, 0.3) is 11.0 Å². The van der Waals surface area contributed by atoms with Crippen molar-refractivity contribution in [2.45, 2.75) is 33.7 Å². The Kier molecular flexibility index (Phi) is 5.66. The van der Waals surface area contributed by atoms with Crippen LogP contribution in [0.1, 0.15) is 38.6 Å². The van der Waals surface area contributed by atoms with E-state index >= 15 is 0 Å². The maximum absolute atomic E-state index is 12.7. The van der Waals surface area contributed by atoms with Gasteiger partial charge in [-0.15, -0.1) is 0 Å². The summed E-state index contributed by atoms with van der Waals surface area (Å²) in [6.07, 6.45) is 0.669. The molecule has 0 fully saturated rings. The zero-order valence-corrected chi connectivity index (χ0v) is 17.8. The average Bonchev–Trinajstić information content (AvgIpc) is 3.09. The Balaban J connectivity index is 1.45. The van der Waals surface area contributed by atoms with E-state index in [0.717, 1.165) is 33.6 Å². The third-order valence-corrected chi connectivity index (χ3v) is 5.41. The van der Waals surface area contributed by atoms with Gasteiger partial charge in [0.1, 0.15) is 11.5 Å². The largest absolute Gasteiger partial charge is 0.361 e. The SMILES string of the molecule is Cc1noc(C)c1CCNC(=O)c1ccc(Cn2c(=O)c(C)nc3ccccc32)cc1. The first-order valence-electron chi connectivity index (χ1n) is 10.2. The lowest BCUT2D eigenvalue weighted by atomic mass is 10.1. The lowest BCUT2D eigenvalue weighted by molar-refractivity contribution is 0.0954. The summed E-state index contributed by atoms with van der Waals surface area (Å²) < 4.78 is 6.87. The molecule has 0 unspecified atom stereocenters. The van der Waals surface area contributed by atoms with Crippen LogP contribution in [0.2, 0.25) is 0 Å². The molecule has 31 heavy (non-hydrogen) atoms. The van der Waals surface area contributed by atoms with E-state index in [9.17, 15) is 9.59 Å². The van der Waals surface area contributed by atoms with Gasteiger partial charge in [0.05, 0.1) is 23.3 Å². The summed E-state index contributed by atoms with van der Waals surface area (Å²) in [7, 11) is 0. The second kappa shape index (κ2) is 8.55. The molecule has 1 N–H and O–H groups in total. The van der Waals surface area contributed by atoms with Crippen LogP contribution in [0, 0.1) is 20.8 Å². The third kappa shape index (κ3) is 4.26. The number of carbonyl (C=O) groups excluding carboxylic acids is 1. The van der Waals surface area contributed by atoms with Gasteiger partial charge >= 0.3 is 0 Å². The summed E-state index contributed by atoms with van der Waals surface area (Å²) in [5.74, 6) is 0.644. The number of nitrogens with one attached hydrogen (secondary N) is 1. The van der Waals surface area contributed by atoms with E-state index in [2.05, 4.69) is 15.5 Å². The second-order valence-electron chi connectivity index (χ2n) is 7.58. The quantitative estimate of drug-likeness (QED) is 0.521. The number of rotatable bonds is 6. The molecule has 2 aromatic carbocycles. The fourth-order valence-electron chi connectivity index (χ4n) is 3.68. The summed E-state index contributed by atoms with van der Waals surface area (Å²) >= 11 is 0. The van der Waals surface area contributed by atoms with E-state index in [1.165, 1.54) is 0 Å². The summed E-state index contributed by atoms with van der Waals surface area (Å²) in [5.41, 5.74) is 5.32. The lowest BCUT2D eigenvalue weighted by Crippen LogP contribution is -2.26. The number of aromatic nitrogens is 3. The molecule has 0 saturated heterocycles. The first-order chi connectivity index (χ1) is 14.9. The van der Waals surface area contributed by atoms with Gasteiger partial charge in [-0.3, -0.25) is 9.59 Å². The minimum absolute atomic E-state index is 0.111. The predicted octanol–water partition coefficient (Wildman–Crippen LogP) is 3.33. The Hall–Kier alpha value is -3.74. The van der Waals surface area contributed by atoms with Crippen LogP contribution in [0.3, 0.4) is 0 Å². The molecule has 4 rings (SSSR count). The fourth-order valence-corrected chi connectivity index (χ4v) is 3.68. The molecule has 0 atom stereocenters. The van der Waals surface area contributed by atoms with Gasteiger partial charge in [0.25, 0.3) is 11.5 Å². The minimum Gasteiger partial charge on any atom is -0.361 e. The molecule has 0 spiro atoms. The van der Waals surface area contributed by atoms with E-state index < -0.39 is 0 Å². The van der Waals surface area contributed by atoms with Crippen molar-refractivity contribution in [1.82, 2.24) is 20.0 Å². The van der Waals surface area contributed by atoms with Gasteiger partial charge in [-0.1, -0.05) is 29.4 Å². The molecule has 1 amide bonds. The number of nitrogens with zero attached hydrogens (tertiary/aromatic N) is 3. The van der Waals surface area contributed by atoms with Crippen LogP contribution in [0.5, 0.6) is 0 Å². The van der Waals surface area contributed by atoms with Crippen LogP contribution in [-0.2, 0) is 13.0 Å². The van der Waals surface area contributed by atoms with Crippen molar-refractivity contribution in [2.24, 2.45) is 0 Å². The molecule has 7 nitrogen and oxygen atoms in total. The maximum Gasteiger partial charge on any atom is 0.272 e. The second-order valence-corrected chi connectivity index (χ2v) is 7.58. The number of amides is 1. The topological polar surface area (TPSA) is 90.0 Å². The van der Waals surface area contributed by atoms with E-state index in [-0.39, 0.29) is 11.5 Å². The first-order valence-corrected chi connectivity index (χ1v) is 10.2. The average molecular weight is 416 g/mol. The minimum atomic E-state index is -0.138. The maximum atomic E-state index is 12.7. The van der Waals surface area contributed by atoms with Crippen LogP contribution in [-0.4, -0.2) is 27.2 Å². The molecule has 2 heterocycles. The molecule has 0 saturated carbocycles. The zero-order valence-electron chi connectivity index (χ0n) is 17.8. The van der Waals surface area contributed by atoms with Crippen LogP contribution < -0.4 is 10.9 Å². The van der Waals surface area contributed by atoms with Crippen molar-refractivity contribution in [3.63, 3.8) is 0 Å². The molecule has 0 aliphatic rings. The number of fused-ring (bicyclic) bond motifs is 1. The Morgan fingerprint density at radius 2 is 1.77 bits per heavy atom. The molecule has 4 aromatic rings. The monoisotopic (exact) mass is 416 g/mol. The highest BCUT2D eigenvalue weighted by Gasteiger charge is 2.11. The van der Waals surface area contributed by atoms with Gasteiger partial charge in [-0.25, -0.2) is 4.98 Å². The number of hydrogen-bond donors (Lipinski definition) is 1. The molecule has 0 aliphatic heterocycles. The highest BCUT2D eigenvalue weighted by atomic mass is 16.5. The van der Waals surface area contributed by atoms with E-state index in [4.69, 9.17) is 4.52 Å². The molecular weight excluding hydrogens is 392 g/mol. The Labute approximate surface area is 179 Å². The van der Waals surface area contributed by atoms with Crippen molar-refractivity contribution in [3.8, 4) is 0 Å². The zero-order chi connectivity index (χ0) is 22.0. The molecule has 7 heteroatoms. The van der Waals surface area contributed by atoms with Crippen molar-refractivity contribution in [1.29, 1.82) is 0 Å². The van der Waals surface area contributed by atoms with Gasteiger partial charge in [-0.05, 0) is 57.0 Å². The van der Waals surface area contributed by atoms with Crippen LogP contribution in [0.15, 0.2) is 57.8 Å². The number of hydrogen-bond acceptors (Lipinski definition) is 5. The number of para-hydroxylation sites is 2.